The minimum Gasteiger partial charge on any atom is -0.369 e. The van der Waals surface area contributed by atoms with Crippen molar-refractivity contribution < 1.29 is 9.59 Å². The van der Waals surface area contributed by atoms with Gasteiger partial charge in [0.2, 0.25) is 5.91 Å². The van der Waals surface area contributed by atoms with Crippen LogP contribution in [0.15, 0.2) is 46.9 Å². The molecule has 5 heteroatoms. The second-order valence-corrected chi connectivity index (χ2v) is 5.63. The average molecular weight is 347 g/mol. The zero-order valence-corrected chi connectivity index (χ0v) is 13.1. The Labute approximate surface area is 131 Å². The number of rotatable bonds is 4. The highest BCUT2D eigenvalue weighted by molar-refractivity contribution is 9.10. The summed E-state index contributed by atoms with van der Waals surface area (Å²) in [6.07, 6.45) is 0.0912. The average Bonchev–Trinajstić information content (AvgIpc) is 2.43. The normalized spacial score (nSPS) is 10.2. The number of nitrogens with one attached hydrogen (secondary N) is 1. The number of hydrogen-bond acceptors (Lipinski definition) is 2. The summed E-state index contributed by atoms with van der Waals surface area (Å²) >= 11 is 3.36. The zero-order chi connectivity index (χ0) is 15.4. The van der Waals surface area contributed by atoms with Gasteiger partial charge in [-0.1, -0.05) is 40.2 Å². The first-order chi connectivity index (χ1) is 9.97. The smallest absolute Gasteiger partial charge is 0.255 e. The predicted octanol–water partition coefficient (Wildman–Crippen LogP) is 3.04. The standard InChI is InChI=1S/C16H15BrN2O2/c1-10-6-7-12(17)9-13(10)16(21)19-14-5-3-2-4-11(14)8-15(18)20/h2-7,9H,8H2,1H3,(H2,18,20)(H,19,21). The molecule has 0 heterocycles. The lowest BCUT2D eigenvalue weighted by molar-refractivity contribution is -0.117. The summed E-state index contributed by atoms with van der Waals surface area (Å²) < 4.78 is 0.837. The number of para-hydroxylation sites is 1. The molecule has 0 aliphatic carbocycles. The SMILES string of the molecule is Cc1ccc(Br)cc1C(=O)Nc1ccccc1CC(N)=O. The van der Waals surface area contributed by atoms with Gasteiger partial charge < -0.3 is 11.1 Å². The van der Waals surface area contributed by atoms with Crippen molar-refractivity contribution in [2.24, 2.45) is 5.73 Å². The molecule has 0 fully saturated rings. The first-order valence-electron chi connectivity index (χ1n) is 6.41. The van der Waals surface area contributed by atoms with Gasteiger partial charge in [-0.05, 0) is 36.2 Å². The van der Waals surface area contributed by atoms with Crippen LogP contribution >= 0.6 is 15.9 Å². The molecular weight excluding hydrogens is 332 g/mol. The highest BCUT2D eigenvalue weighted by Gasteiger charge is 2.12. The third kappa shape index (κ3) is 3.92. The van der Waals surface area contributed by atoms with Crippen LogP contribution in [-0.2, 0) is 11.2 Å². The molecule has 2 aromatic rings. The van der Waals surface area contributed by atoms with Crippen molar-refractivity contribution in [3.63, 3.8) is 0 Å². The number of halogens is 1. The molecule has 2 rings (SSSR count). The van der Waals surface area contributed by atoms with E-state index < -0.39 is 5.91 Å². The molecular formula is C16H15BrN2O2. The maximum absolute atomic E-state index is 12.4. The molecule has 0 bridgehead atoms. The van der Waals surface area contributed by atoms with Gasteiger partial charge in [-0.15, -0.1) is 0 Å². The van der Waals surface area contributed by atoms with E-state index in [-0.39, 0.29) is 12.3 Å². The van der Waals surface area contributed by atoms with Gasteiger partial charge in [-0.25, -0.2) is 0 Å². The van der Waals surface area contributed by atoms with Gasteiger partial charge in [0.15, 0.2) is 0 Å². The molecule has 0 radical (unpaired) electrons. The minimum absolute atomic E-state index is 0.0912. The van der Waals surface area contributed by atoms with Gasteiger partial charge >= 0.3 is 0 Å². The maximum atomic E-state index is 12.4. The van der Waals surface area contributed by atoms with Gasteiger partial charge in [0.1, 0.15) is 0 Å². The lowest BCUT2D eigenvalue weighted by atomic mass is 10.1. The van der Waals surface area contributed by atoms with Crippen LogP contribution in [0.5, 0.6) is 0 Å². The molecule has 0 aliphatic rings. The quantitative estimate of drug-likeness (QED) is 0.892. The molecule has 0 unspecified atom stereocenters. The number of benzene rings is 2. The monoisotopic (exact) mass is 346 g/mol. The van der Waals surface area contributed by atoms with E-state index in [1.165, 1.54) is 0 Å². The van der Waals surface area contributed by atoms with Gasteiger partial charge in [-0.3, -0.25) is 9.59 Å². The minimum atomic E-state index is -0.435. The second kappa shape index (κ2) is 6.54. The molecule has 0 atom stereocenters. The van der Waals surface area contributed by atoms with E-state index in [0.29, 0.717) is 16.8 Å². The maximum Gasteiger partial charge on any atom is 0.255 e. The van der Waals surface area contributed by atoms with E-state index in [0.717, 1.165) is 10.0 Å². The number of primary amides is 1. The number of aryl methyl sites for hydroxylation is 1. The Hall–Kier alpha value is -2.14. The fourth-order valence-electron chi connectivity index (χ4n) is 2.01. The molecule has 0 saturated carbocycles. The highest BCUT2D eigenvalue weighted by Crippen LogP contribution is 2.20. The highest BCUT2D eigenvalue weighted by atomic mass is 79.9. The third-order valence-corrected chi connectivity index (χ3v) is 3.57. The summed E-state index contributed by atoms with van der Waals surface area (Å²) in [5.41, 5.74) is 7.98. The molecule has 2 amide bonds. The van der Waals surface area contributed by atoms with Crippen LogP contribution in [0.1, 0.15) is 21.5 Å². The first-order valence-corrected chi connectivity index (χ1v) is 7.20. The lowest BCUT2D eigenvalue weighted by Gasteiger charge is -2.11. The van der Waals surface area contributed by atoms with Crippen molar-refractivity contribution >= 4 is 33.4 Å². The Morgan fingerprint density at radius 3 is 2.62 bits per heavy atom. The van der Waals surface area contributed by atoms with Crippen LogP contribution in [0.4, 0.5) is 5.69 Å². The van der Waals surface area contributed by atoms with Crippen LogP contribution in [-0.4, -0.2) is 11.8 Å². The van der Waals surface area contributed by atoms with E-state index in [4.69, 9.17) is 5.73 Å². The van der Waals surface area contributed by atoms with Crippen LogP contribution in [0.2, 0.25) is 0 Å². The molecule has 0 aliphatic heterocycles. The number of amides is 2. The predicted molar refractivity (Wildman–Crippen MR) is 86.2 cm³/mol. The Bertz CT molecular complexity index is 698. The first kappa shape index (κ1) is 15.3. The molecule has 0 saturated heterocycles. The second-order valence-electron chi connectivity index (χ2n) is 4.71. The van der Waals surface area contributed by atoms with Crippen molar-refractivity contribution in [2.75, 3.05) is 5.32 Å². The topological polar surface area (TPSA) is 72.2 Å². The number of nitrogens with two attached hydrogens (primary N) is 1. The zero-order valence-electron chi connectivity index (χ0n) is 11.5. The van der Waals surface area contributed by atoms with E-state index in [1.807, 2.05) is 19.1 Å². The third-order valence-electron chi connectivity index (χ3n) is 3.07. The van der Waals surface area contributed by atoms with E-state index in [1.54, 1.807) is 30.3 Å². The Morgan fingerprint density at radius 1 is 1.19 bits per heavy atom. The number of carbonyl (C=O) groups is 2. The van der Waals surface area contributed by atoms with Crippen molar-refractivity contribution in [3.05, 3.63) is 63.6 Å². The number of anilines is 1. The van der Waals surface area contributed by atoms with Crippen molar-refractivity contribution in [1.82, 2.24) is 0 Å². The largest absolute Gasteiger partial charge is 0.369 e. The van der Waals surface area contributed by atoms with E-state index in [2.05, 4.69) is 21.2 Å². The van der Waals surface area contributed by atoms with Crippen LogP contribution < -0.4 is 11.1 Å². The van der Waals surface area contributed by atoms with Gasteiger partial charge in [0.25, 0.3) is 5.91 Å². The van der Waals surface area contributed by atoms with Gasteiger partial charge in [0, 0.05) is 15.7 Å². The van der Waals surface area contributed by atoms with Crippen LogP contribution in [0.3, 0.4) is 0 Å². The molecule has 4 nitrogen and oxygen atoms in total. The van der Waals surface area contributed by atoms with Gasteiger partial charge in [0.05, 0.1) is 6.42 Å². The van der Waals surface area contributed by atoms with Crippen LogP contribution in [0.25, 0.3) is 0 Å². The Morgan fingerprint density at radius 2 is 1.90 bits per heavy atom. The molecule has 2 aromatic carbocycles. The summed E-state index contributed by atoms with van der Waals surface area (Å²) in [4.78, 5) is 23.5. The summed E-state index contributed by atoms with van der Waals surface area (Å²) in [7, 11) is 0. The van der Waals surface area contributed by atoms with E-state index in [9.17, 15) is 9.59 Å². The van der Waals surface area contributed by atoms with Crippen LogP contribution in [0, 0.1) is 6.92 Å². The van der Waals surface area contributed by atoms with Gasteiger partial charge in [-0.2, -0.15) is 0 Å². The lowest BCUT2D eigenvalue weighted by Crippen LogP contribution is -2.18. The Kier molecular flexibility index (Phi) is 4.75. The molecule has 0 spiro atoms. The Balaban J connectivity index is 2.27. The summed E-state index contributed by atoms with van der Waals surface area (Å²) in [5, 5.41) is 2.83. The summed E-state index contributed by atoms with van der Waals surface area (Å²) in [5.74, 6) is -0.652. The molecule has 21 heavy (non-hydrogen) atoms. The molecule has 3 N–H and O–H groups in total. The number of hydrogen-bond donors (Lipinski definition) is 2. The molecule has 108 valence electrons. The van der Waals surface area contributed by atoms with Crippen molar-refractivity contribution in [1.29, 1.82) is 0 Å². The van der Waals surface area contributed by atoms with Crippen molar-refractivity contribution in [2.45, 2.75) is 13.3 Å². The fraction of sp³-hybridized carbons (Fsp3) is 0.125. The van der Waals surface area contributed by atoms with E-state index >= 15 is 0 Å². The van der Waals surface area contributed by atoms with Crippen molar-refractivity contribution in [3.8, 4) is 0 Å². The molecule has 0 aromatic heterocycles. The summed E-state index contributed by atoms with van der Waals surface area (Å²) in [6.45, 7) is 1.87. The summed E-state index contributed by atoms with van der Waals surface area (Å²) in [6, 6.07) is 12.6. The number of carbonyl (C=O) groups excluding carboxylic acids is 2. The fourth-order valence-corrected chi connectivity index (χ4v) is 2.37.